The number of carbonyl (C=O) groups excluding carboxylic acids is 1. The van der Waals surface area contributed by atoms with E-state index >= 15 is 0 Å². The second kappa shape index (κ2) is 7.34. The van der Waals surface area contributed by atoms with Crippen molar-refractivity contribution >= 4 is 34.3 Å². The number of hydrogen-bond acceptors (Lipinski definition) is 5. The van der Waals surface area contributed by atoms with Crippen molar-refractivity contribution in [3.8, 4) is 0 Å². The van der Waals surface area contributed by atoms with Crippen LogP contribution in [0.2, 0.25) is 0 Å². The van der Waals surface area contributed by atoms with E-state index in [1.165, 1.54) is 11.8 Å². The van der Waals surface area contributed by atoms with E-state index in [0.717, 1.165) is 31.4 Å². The van der Waals surface area contributed by atoms with Crippen LogP contribution in [0.15, 0.2) is 34.2 Å². The summed E-state index contributed by atoms with van der Waals surface area (Å²) >= 11 is 1.38. The number of hydrogen-bond donors (Lipinski definition) is 0. The lowest BCUT2D eigenvalue weighted by molar-refractivity contribution is -0.127. The standard InChI is InChI=1S/C19H23N5O2S/c1-13(2)11-23-17(26)14-7-3-4-8-15(14)24-18(23)20-21-19(24)27-12-16(25)22-9-5-6-10-22/h3-4,7-8,13H,5-6,9-12H2,1-2H3. The normalized spacial score (nSPS) is 14.7. The van der Waals surface area contributed by atoms with Crippen molar-refractivity contribution in [3.63, 3.8) is 0 Å². The average Bonchev–Trinajstić information content (AvgIpc) is 3.33. The summed E-state index contributed by atoms with van der Waals surface area (Å²) in [5.41, 5.74) is 0.725. The van der Waals surface area contributed by atoms with Gasteiger partial charge < -0.3 is 4.90 Å². The molecular weight excluding hydrogens is 362 g/mol. The molecule has 2 aromatic heterocycles. The topological polar surface area (TPSA) is 72.5 Å². The molecule has 3 heterocycles. The van der Waals surface area contributed by atoms with E-state index in [9.17, 15) is 9.59 Å². The lowest BCUT2D eigenvalue weighted by Gasteiger charge is -2.15. The molecule has 4 rings (SSSR count). The van der Waals surface area contributed by atoms with Gasteiger partial charge in [0.2, 0.25) is 11.7 Å². The molecule has 0 atom stereocenters. The number of carbonyl (C=O) groups is 1. The molecule has 1 fully saturated rings. The molecule has 142 valence electrons. The summed E-state index contributed by atoms with van der Waals surface area (Å²) in [5, 5.41) is 9.87. The van der Waals surface area contributed by atoms with Gasteiger partial charge in [0.25, 0.3) is 5.56 Å². The van der Waals surface area contributed by atoms with Crippen molar-refractivity contribution in [1.82, 2.24) is 24.1 Å². The monoisotopic (exact) mass is 385 g/mol. The largest absolute Gasteiger partial charge is 0.342 e. The fraction of sp³-hybridized carbons (Fsp3) is 0.474. The van der Waals surface area contributed by atoms with Gasteiger partial charge in [-0.15, -0.1) is 10.2 Å². The van der Waals surface area contributed by atoms with Gasteiger partial charge in [-0.2, -0.15) is 0 Å². The number of rotatable bonds is 5. The van der Waals surface area contributed by atoms with E-state index in [1.54, 1.807) is 4.57 Å². The molecule has 1 aromatic carbocycles. The highest BCUT2D eigenvalue weighted by Crippen LogP contribution is 2.23. The van der Waals surface area contributed by atoms with Crippen LogP contribution in [0.25, 0.3) is 16.7 Å². The van der Waals surface area contributed by atoms with Crippen molar-refractivity contribution in [2.75, 3.05) is 18.8 Å². The van der Waals surface area contributed by atoms with Gasteiger partial charge in [0.1, 0.15) is 0 Å². The molecule has 3 aromatic rings. The first kappa shape index (κ1) is 18.0. The number of para-hydroxylation sites is 1. The highest BCUT2D eigenvalue weighted by molar-refractivity contribution is 7.99. The summed E-state index contributed by atoms with van der Waals surface area (Å²) < 4.78 is 3.59. The predicted octanol–water partition coefficient (Wildman–Crippen LogP) is 2.41. The van der Waals surface area contributed by atoms with Gasteiger partial charge in [-0.1, -0.05) is 37.7 Å². The van der Waals surface area contributed by atoms with Crippen LogP contribution in [0.4, 0.5) is 0 Å². The first-order valence-electron chi connectivity index (χ1n) is 9.33. The predicted molar refractivity (Wildman–Crippen MR) is 106 cm³/mol. The molecule has 7 nitrogen and oxygen atoms in total. The molecule has 0 spiro atoms. The summed E-state index contributed by atoms with van der Waals surface area (Å²) in [5.74, 6) is 1.30. The highest BCUT2D eigenvalue weighted by atomic mass is 32.2. The zero-order valence-corrected chi connectivity index (χ0v) is 16.4. The van der Waals surface area contributed by atoms with Gasteiger partial charge >= 0.3 is 0 Å². The van der Waals surface area contributed by atoms with Crippen molar-refractivity contribution in [3.05, 3.63) is 34.6 Å². The van der Waals surface area contributed by atoms with Crippen LogP contribution in [0, 0.1) is 5.92 Å². The Morgan fingerprint density at radius 2 is 1.93 bits per heavy atom. The summed E-state index contributed by atoms with van der Waals surface area (Å²) in [7, 11) is 0. The molecule has 1 aliphatic rings. The molecule has 0 N–H and O–H groups in total. The SMILES string of the molecule is CC(C)Cn1c(=O)c2ccccc2n2c(SCC(=O)N3CCCC3)nnc12. The van der Waals surface area contributed by atoms with Gasteiger partial charge in [0.15, 0.2) is 5.16 Å². The first-order valence-corrected chi connectivity index (χ1v) is 10.3. The maximum atomic E-state index is 12.9. The number of aromatic nitrogens is 4. The molecule has 8 heteroatoms. The summed E-state index contributed by atoms with van der Waals surface area (Å²) in [4.78, 5) is 27.2. The fourth-order valence-electron chi connectivity index (χ4n) is 3.54. The molecule has 1 saturated heterocycles. The molecule has 1 amide bonds. The van der Waals surface area contributed by atoms with Crippen LogP contribution >= 0.6 is 11.8 Å². The Bertz CT molecular complexity index is 1050. The first-order chi connectivity index (χ1) is 13.1. The van der Waals surface area contributed by atoms with Crippen LogP contribution in [0.5, 0.6) is 0 Å². The van der Waals surface area contributed by atoms with E-state index in [0.29, 0.717) is 34.5 Å². The third-order valence-corrected chi connectivity index (χ3v) is 5.72. The third kappa shape index (κ3) is 3.34. The van der Waals surface area contributed by atoms with Crippen molar-refractivity contribution in [2.24, 2.45) is 5.92 Å². The van der Waals surface area contributed by atoms with Crippen molar-refractivity contribution < 1.29 is 4.79 Å². The number of fused-ring (bicyclic) bond motifs is 3. The second-order valence-corrected chi connectivity index (χ2v) is 8.26. The smallest absolute Gasteiger partial charge is 0.262 e. The number of thioether (sulfide) groups is 1. The number of amides is 1. The summed E-state index contributed by atoms with van der Waals surface area (Å²) in [6, 6.07) is 7.50. The highest BCUT2D eigenvalue weighted by Gasteiger charge is 2.21. The van der Waals surface area contributed by atoms with Gasteiger partial charge in [0.05, 0.1) is 16.7 Å². The number of nitrogens with zero attached hydrogens (tertiary/aromatic N) is 5. The van der Waals surface area contributed by atoms with Crippen LogP contribution in [-0.2, 0) is 11.3 Å². The molecule has 1 aliphatic heterocycles. The van der Waals surface area contributed by atoms with Crippen LogP contribution in [0.3, 0.4) is 0 Å². The van der Waals surface area contributed by atoms with Crippen LogP contribution < -0.4 is 5.56 Å². The summed E-state index contributed by atoms with van der Waals surface area (Å²) in [6.45, 7) is 6.40. The second-order valence-electron chi connectivity index (χ2n) is 7.32. The van der Waals surface area contributed by atoms with Gasteiger partial charge in [0, 0.05) is 19.6 Å². The molecule has 0 bridgehead atoms. The number of benzene rings is 1. The Balaban J connectivity index is 1.77. The molecule has 27 heavy (non-hydrogen) atoms. The van der Waals surface area contributed by atoms with Crippen molar-refractivity contribution in [1.29, 1.82) is 0 Å². The minimum Gasteiger partial charge on any atom is -0.342 e. The van der Waals surface area contributed by atoms with Gasteiger partial charge in [-0.05, 0) is 30.9 Å². The summed E-state index contributed by atoms with van der Waals surface area (Å²) in [6.07, 6.45) is 2.16. The minimum absolute atomic E-state index is 0.0520. The van der Waals surface area contributed by atoms with Crippen LogP contribution in [-0.4, -0.2) is 48.8 Å². The Labute approximate surface area is 161 Å². The lowest BCUT2D eigenvalue weighted by atomic mass is 10.2. The van der Waals surface area contributed by atoms with E-state index in [2.05, 4.69) is 24.0 Å². The number of likely N-dealkylation sites (tertiary alicyclic amines) is 1. The maximum Gasteiger partial charge on any atom is 0.262 e. The minimum atomic E-state index is -0.0520. The Hall–Kier alpha value is -2.35. The van der Waals surface area contributed by atoms with E-state index in [-0.39, 0.29) is 11.5 Å². The molecule has 0 saturated carbocycles. The molecule has 0 radical (unpaired) electrons. The molecule has 0 unspecified atom stereocenters. The van der Waals surface area contributed by atoms with Crippen molar-refractivity contribution in [2.45, 2.75) is 38.4 Å². The zero-order valence-electron chi connectivity index (χ0n) is 15.6. The zero-order chi connectivity index (χ0) is 19.0. The van der Waals surface area contributed by atoms with E-state index in [4.69, 9.17) is 0 Å². The van der Waals surface area contributed by atoms with Gasteiger partial charge in [-0.3, -0.25) is 18.6 Å². The lowest BCUT2D eigenvalue weighted by Crippen LogP contribution is -2.29. The van der Waals surface area contributed by atoms with E-state index in [1.807, 2.05) is 33.6 Å². The quantitative estimate of drug-likeness (QED) is 0.631. The molecular formula is C19H23N5O2S. The van der Waals surface area contributed by atoms with E-state index < -0.39 is 0 Å². The molecule has 0 aliphatic carbocycles. The fourth-order valence-corrected chi connectivity index (χ4v) is 4.38. The average molecular weight is 385 g/mol. The van der Waals surface area contributed by atoms with Gasteiger partial charge in [-0.25, -0.2) is 0 Å². The van der Waals surface area contributed by atoms with Crippen LogP contribution in [0.1, 0.15) is 26.7 Å². The Morgan fingerprint density at radius 1 is 1.19 bits per heavy atom. The Morgan fingerprint density at radius 3 is 2.67 bits per heavy atom. The Kier molecular flexibility index (Phi) is 4.90. The third-order valence-electron chi connectivity index (χ3n) is 4.81. The maximum absolute atomic E-state index is 12.9.